The van der Waals surface area contributed by atoms with E-state index in [1.165, 1.54) is 0 Å². The molecule has 0 spiro atoms. The van der Waals surface area contributed by atoms with Crippen LogP contribution in [0.3, 0.4) is 0 Å². The number of piperazine rings is 1. The number of fused-ring (bicyclic) bond motifs is 4. The molecule has 0 aliphatic carbocycles. The number of phenolic OH excluding ortho intramolecular Hbond substituents is 1. The van der Waals surface area contributed by atoms with E-state index in [1.807, 2.05) is 29.2 Å². The van der Waals surface area contributed by atoms with Gasteiger partial charge in [-0.15, -0.1) is 0 Å². The number of phenols is 1. The number of hydrogen-bond acceptors (Lipinski definition) is 8. The molecule has 2 aromatic heterocycles. The van der Waals surface area contributed by atoms with Gasteiger partial charge in [-0.05, 0) is 48.6 Å². The molecule has 3 N–H and O–H groups in total. The number of anilines is 2. The highest BCUT2D eigenvalue weighted by Crippen LogP contribution is 2.38. The smallest absolute Gasteiger partial charge is 0.228 e. The fraction of sp³-hybridized carbons (Fsp3) is 0.393. The van der Waals surface area contributed by atoms with Gasteiger partial charge in [0.05, 0.1) is 18.0 Å². The third-order valence-electron chi connectivity index (χ3n) is 8.11. The molecule has 3 fully saturated rings. The van der Waals surface area contributed by atoms with E-state index in [0.29, 0.717) is 34.8 Å². The van der Waals surface area contributed by atoms with Gasteiger partial charge in [-0.2, -0.15) is 4.98 Å². The Morgan fingerprint density at radius 2 is 1.84 bits per heavy atom. The van der Waals surface area contributed by atoms with Crippen LogP contribution in [0.5, 0.6) is 5.75 Å². The summed E-state index contributed by atoms with van der Waals surface area (Å²) in [5, 5.41) is 26.2. The van der Waals surface area contributed by atoms with Crippen molar-refractivity contribution >= 4 is 33.4 Å². The molecule has 2 aromatic carbocycles. The van der Waals surface area contributed by atoms with Crippen LogP contribution >= 0.6 is 0 Å². The second kappa shape index (κ2) is 8.78. The summed E-state index contributed by atoms with van der Waals surface area (Å²) >= 11 is 0. The molecular weight excluding hydrogens is 471 g/mol. The zero-order valence-electron chi connectivity index (χ0n) is 20.4. The van der Waals surface area contributed by atoms with Gasteiger partial charge in [-0.3, -0.25) is 4.98 Å². The van der Waals surface area contributed by atoms with Crippen molar-refractivity contribution in [3.8, 4) is 17.0 Å². The summed E-state index contributed by atoms with van der Waals surface area (Å²) in [6, 6.07) is 11.5. The predicted octanol–water partition coefficient (Wildman–Crippen LogP) is 3.59. The summed E-state index contributed by atoms with van der Waals surface area (Å²) in [6.45, 7) is 2.33. The monoisotopic (exact) mass is 500 g/mol. The van der Waals surface area contributed by atoms with E-state index in [0.717, 1.165) is 56.1 Å². The summed E-state index contributed by atoms with van der Waals surface area (Å²) in [5.41, 5.74) is 0.883. The number of aromatic nitrogens is 3. The van der Waals surface area contributed by atoms with Crippen LogP contribution in [0, 0.1) is 5.82 Å². The molecular formula is C28H29FN6O2. The number of nitrogens with one attached hydrogen (secondary N) is 1. The molecule has 3 aliphatic heterocycles. The Morgan fingerprint density at radius 3 is 2.65 bits per heavy atom. The van der Waals surface area contributed by atoms with Crippen LogP contribution in [-0.2, 0) is 0 Å². The molecule has 2 unspecified atom stereocenters. The van der Waals surface area contributed by atoms with Crippen LogP contribution in [0.1, 0.15) is 25.7 Å². The molecule has 5 heterocycles. The Bertz CT molecular complexity index is 1500. The van der Waals surface area contributed by atoms with E-state index in [-0.39, 0.29) is 29.6 Å². The van der Waals surface area contributed by atoms with Gasteiger partial charge in [0.1, 0.15) is 22.8 Å². The highest BCUT2D eigenvalue weighted by molar-refractivity contribution is 6.00. The quantitative estimate of drug-likeness (QED) is 0.391. The minimum Gasteiger partial charge on any atom is -0.508 e. The number of rotatable bonds is 4. The van der Waals surface area contributed by atoms with Crippen molar-refractivity contribution in [2.75, 3.05) is 36.0 Å². The maximum absolute atomic E-state index is 16.4. The fourth-order valence-electron chi connectivity index (χ4n) is 6.34. The van der Waals surface area contributed by atoms with E-state index in [1.54, 1.807) is 18.3 Å². The van der Waals surface area contributed by atoms with Crippen molar-refractivity contribution in [3.05, 3.63) is 48.4 Å². The SMILES string of the molecule is OC[C@@H]1CCCN1c1nc(N2CC3CCC(C2)N3)c2cnc(-c3cc(O)cc4ccccc34)c(F)c2n1. The fourth-order valence-corrected chi connectivity index (χ4v) is 6.34. The molecule has 0 saturated carbocycles. The van der Waals surface area contributed by atoms with Crippen LogP contribution in [0.15, 0.2) is 42.6 Å². The Labute approximate surface area is 213 Å². The largest absolute Gasteiger partial charge is 0.508 e. The van der Waals surface area contributed by atoms with Gasteiger partial charge in [-0.1, -0.05) is 24.3 Å². The number of hydrogen-bond donors (Lipinski definition) is 3. The Morgan fingerprint density at radius 1 is 1.03 bits per heavy atom. The number of halogens is 1. The first-order chi connectivity index (χ1) is 18.1. The number of nitrogens with zero attached hydrogens (tertiary/aromatic N) is 5. The van der Waals surface area contributed by atoms with Crippen molar-refractivity contribution in [2.24, 2.45) is 0 Å². The number of aliphatic hydroxyl groups excluding tert-OH is 1. The lowest BCUT2D eigenvalue weighted by Crippen LogP contribution is -2.51. The molecule has 4 aromatic rings. The van der Waals surface area contributed by atoms with Crippen molar-refractivity contribution in [1.82, 2.24) is 20.3 Å². The van der Waals surface area contributed by atoms with Gasteiger partial charge < -0.3 is 25.3 Å². The lowest BCUT2D eigenvalue weighted by Gasteiger charge is -2.35. The highest BCUT2D eigenvalue weighted by atomic mass is 19.1. The van der Waals surface area contributed by atoms with Gasteiger partial charge in [0, 0.05) is 43.5 Å². The minimum absolute atomic E-state index is 0.00781. The Kier molecular flexibility index (Phi) is 5.37. The van der Waals surface area contributed by atoms with Crippen LogP contribution in [0.25, 0.3) is 32.9 Å². The highest BCUT2D eigenvalue weighted by Gasteiger charge is 2.35. The normalized spacial score (nSPS) is 23.5. The summed E-state index contributed by atoms with van der Waals surface area (Å²) in [5.74, 6) is 0.664. The third-order valence-corrected chi connectivity index (χ3v) is 8.11. The van der Waals surface area contributed by atoms with E-state index in [9.17, 15) is 10.2 Å². The Hall–Kier alpha value is -3.56. The first-order valence-corrected chi connectivity index (χ1v) is 13.1. The number of aromatic hydroxyl groups is 1. The lowest BCUT2D eigenvalue weighted by atomic mass is 10.00. The average Bonchev–Trinajstić information content (AvgIpc) is 3.53. The zero-order valence-corrected chi connectivity index (χ0v) is 20.4. The molecule has 3 atom stereocenters. The van der Waals surface area contributed by atoms with Crippen LogP contribution < -0.4 is 15.1 Å². The van der Waals surface area contributed by atoms with E-state index < -0.39 is 5.82 Å². The van der Waals surface area contributed by atoms with Crippen LogP contribution in [0.2, 0.25) is 0 Å². The lowest BCUT2D eigenvalue weighted by molar-refractivity contribution is 0.265. The molecule has 8 nitrogen and oxygen atoms in total. The van der Waals surface area contributed by atoms with Crippen LogP contribution in [-0.4, -0.2) is 69.5 Å². The van der Waals surface area contributed by atoms with Crippen LogP contribution in [0.4, 0.5) is 16.2 Å². The maximum atomic E-state index is 16.4. The van der Waals surface area contributed by atoms with Gasteiger partial charge in [0.15, 0.2) is 5.82 Å². The van der Waals surface area contributed by atoms with Gasteiger partial charge in [0.25, 0.3) is 0 Å². The summed E-state index contributed by atoms with van der Waals surface area (Å²) in [4.78, 5) is 18.5. The minimum atomic E-state index is -0.531. The van der Waals surface area contributed by atoms with Gasteiger partial charge in [0.2, 0.25) is 5.95 Å². The van der Waals surface area contributed by atoms with E-state index in [2.05, 4.69) is 15.2 Å². The topological polar surface area (TPSA) is 97.6 Å². The maximum Gasteiger partial charge on any atom is 0.228 e. The molecule has 37 heavy (non-hydrogen) atoms. The average molecular weight is 501 g/mol. The van der Waals surface area contributed by atoms with Crippen molar-refractivity contribution in [1.29, 1.82) is 0 Å². The summed E-state index contributed by atoms with van der Waals surface area (Å²) in [7, 11) is 0. The molecule has 190 valence electrons. The standard InChI is InChI=1S/C28H29FN6O2/c29-24-25(22-11-20(37)10-16-4-1-2-6-21(16)22)30-12-23-26(24)32-28(35-9-3-5-19(35)15-36)33-27(23)34-13-17-7-8-18(14-34)31-17/h1-2,4,6,10-12,17-19,31,36-37H,3,5,7-9,13-15H2/t17?,18?,19-/m0/s1. The Balaban J connectivity index is 1.44. The summed E-state index contributed by atoms with van der Waals surface area (Å²) < 4.78 is 16.4. The molecule has 3 saturated heterocycles. The third kappa shape index (κ3) is 3.76. The van der Waals surface area contributed by atoms with Crippen molar-refractivity contribution in [2.45, 2.75) is 43.8 Å². The number of aliphatic hydroxyl groups is 1. The molecule has 0 radical (unpaired) electrons. The first kappa shape index (κ1) is 22.6. The van der Waals surface area contributed by atoms with E-state index >= 15 is 4.39 Å². The molecule has 2 bridgehead atoms. The number of pyridine rings is 1. The first-order valence-electron chi connectivity index (χ1n) is 13.1. The van der Waals surface area contributed by atoms with Crippen molar-refractivity contribution in [3.63, 3.8) is 0 Å². The molecule has 3 aliphatic rings. The zero-order chi connectivity index (χ0) is 25.1. The van der Waals surface area contributed by atoms with Gasteiger partial charge in [-0.25, -0.2) is 9.37 Å². The second-order valence-corrected chi connectivity index (χ2v) is 10.5. The number of benzene rings is 2. The van der Waals surface area contributed by atoms with Crippen molar-refractivity contribution < 1.29 is 14.6 Å². The molecule has 7 rings (SSSR count). The summed E-state index contributed by atoms with van der Waals surface area (Å²) in [6.07, 6.45) is 5.70. The second-order valence-electron chi connectivity index (χ2n) is 10.5. The molecule has 0 amide bonds. The predicted molar refractivity (Wildman–Crippen MR) is 142 cm³/mol. The van der Waals surface area contributed by atoms with Gasteiger partial charge >= 0.3 is 0 Å². The van der Waals surface area contributed by atoms with E-state index in [4.69, 9.17) is 9.97 Å². The molecule has 9 heteroatoms.